The van der Waals surface area contributed by atoms with E-state index >= 15 is 0 Å². The molecule has 5 heteroatoms. The number of nitrogens with one attached hydrogen (secondary N) is 2. The molecule has 0 radical (unpaired) electrons. The summed E-state index contributed by atoms with van der Waals surface area (Å²) in [5.74, 6) is 0.843. The molecule has 4 nitrogen and oxygen atoms in total. The van der Waals surface area contributed by atoms with E-state index < -0.39 is 10.0 Å². The van der Waals surface area contributed by atoms with Gasteiger partial charge in [0.1, 0.15) is 0 Å². The molecule has 16 heavy (non-hydrogen) atoms. The maximum atomic E-state index is 11.3. The molecule has 0 saturated heterocycles. The maximum absolute atomic E-state index is 11.3. The van der Waals surface area contributed by atoms with Crippen LogP contribution in [0.3, 0.4) is 0 Å². The Morgan fingerprint density at radius 2 is 2.19 bits per heavy atom. The van der Waals surface area contributed by atoms with E-state index in [1.807, 2.05) is 0 Å². The highest BCUT2D eigenvalue weighted by atomic mass is 32.2. The Kier molecular flexibility index (Phi) is 6.01. The zero-order chi connectivity index (χ0) is 11.9. The van der Waals surface area contributed by atoms with Crippen molar-refractivity contribution < 1.29 is 8.42 Å². The summed E-state index contributed by atoms with van der Waals surface area (Å²) < 4.78 is 25.1. The molecule has 1 aliphatic rings. The topological polar surface area (TPSA) is 58.2 Å². The fourth-order valence-electron chi connectivity index (χ4n) is 1.85. The summed E-state index contributed by atoms with van der Waals surface area (Å²) in [6.07, 6.45) is 7.91. The first kappa shape index (κ1) is 13.7. The lowest BCUT2D eigenvalue weighted by Gasteiger charge is -2.18. The van der Waals surface area contributed by atoms with E-state index in [1.165, 1.54) is 6.42 Å². The van der Waals surface area contributed by atoms with E-state index in [1.54, 1.807) is 6.92 Å². The predicted octanol–water partition coefficient (Wildman–Crippen LogP) is 0.872. The number of hydrogen-bond acceptors (Lipinski definition) is 3. The van der Waals surface area contributed by atoms with Gasteiger partial charge in [0.2, 0.25) is 10.0 Å². The van der Waals surface area contributed by atoms with Crippen molar-refractivity contribution in [2.24, 2.45) is 5.92 Å². The van der Waals surface area contributed by atoms with E-state index in [-0.39, 0.29) is 5.75 Å². The summed E-state index contributed by atoms with van der Waals surface area (Å²) in [7, 11) is -3.06. The summed E-state index contributed by atoms with van der Waals surface area (Å²) in [6, 6.07) is 0. The molecule has 0 aromatic rings. The van der Waals surface area contributed by atoms with E-state index in [0.29, 0.717) is 19.0 Å². The van der Waals surface area contributed by atoms with Gasteiger partial charge in [-0.15, -0.1) is 0 Å². The minimum absolute atomic E-state index is 0.170. The van der Waals surface area contributed by atoms with E-state index in [2.05, 4.69) is 22.2 Å². The van der Waals surface area contributed by atoms with Gasteiger partial charge in [0.25, 0.3) is 0 Å². The molecular weight excluding hydrogens is 224 g/mol. The molecule has 94 valence electrons. The fraction of sp³-hybridized carbons (Fsp3) is 0.818. The first-order valence-electron chi connectivity index (χ1n) is 5.97. The third kappa shape index (κ3) is 5.63. The normalized spacial score (nSPS) is 21.2. The number of allylic oxidation sites excluding steroid dienone is 2. The standard InChI is InChI=1S/C11H22N2O2S/c1-2-13-16(14,15)9-8-12-10-11-6-4-3-5-7-11/h3-4,11-13H,2,5-10H2,1H3. The highest BCUT2D eigenvalue weighted by molar-refractivity contribution is 7.89. The van der Waals surface area contributed by atoms with Crippen LogP contribution in [0.5, 0.6) is 0 Å². The predicted molar refractivity (Wildman–Crippen MR) is 66.8 cm³/mol. The fourth-order valence-corrected chi connectivity index (χ4v) is 2.84. The molecular formula is C11H22N2O2S. The Bertz CT molecular complexity index is 312. The summed E-state index contributed by atoms with van der Waals surface area (Å²) >= 11 is 0. The number of rotatable bonds is 7. The lowest BCUT2D eigenvalue weighted by molar-refractivity contribution is 0.446. The number of sulfonamides is 1. The third-order valence-corrected chi connectivity index (χ3v) is 4.19. The van der Waals surface area contributed by atoms with E-state index in [4.69, 9.17) is 0 Å². The molecule has 1 rings (SSSR count). The monoisotopic (exact) mass is 246 g/mol. The van der Waals surface area contributed by atoms with E-state index in [9.17, 15) is 8.42 Å². The van der Waals surface area contributed by atoms with Crippen molar-refractivity contribution >= 4 is 10.0 Å². The van der Waals surface area contributed by atoms with Gasteiger partial charge in [0, 0.05) is 13.1 Å². The van der Waals surface area contributed by atoms with Gasteiger partial charge >= 0.3 is 0 Å². The summed E-state index contributed by atoms with van der Waals surface area (Å²) in [5, 5.41) is 3.22. The zero-order valence-electron chi connectivity index (χ0n) is 9.91. The molecule has 0 saturated carbocycles. The van der Waals surface area contributed by atoms with Gasteiger partial charge in [-0.05, 0) is 31.7 Å². The summed E-state index contributed by atoms with van der Waals surface area (Å²) in [6.45, 7) is 3.72. The Labute approximate surface area is 98.6 Å². The second kappa shape index (κ2) is 7.04. The van der Waals surface area contributed by atoms with Crippen molar-refractivity contribution in [1.29, 1.82) is 0 Å². The van der Waals surface area contributed by atoms with Crippen molar-refractivity contribution in [1.82, 2.24) is 10.0 Å². The molecule has 0 spiro atoms. The molecule has 2 N–H and O–H groups in total. The largest absolute Gasteiger partial charge is 0.315 e. The van der Waals surface area contributed by atoms with Gasteiger partial charge < -0.3 is 5.32 Å². The Morgan fingerprint density at radius 3 is 2.81 bits per heavy atom. The van der Waals surface area contributed by atoms with Crippen LogP contribution < -0.4 is 10.0 Å². The van der Waals surface area contributed by atoms with Crippen molar-refractivity contribution in [3.63, 3.8) is 0 Å². The van der Waals surface area contributed by atoms with Gasteiger partial charge in [-0.2, -0.15) is 0 Å². The first-order valence-corrected chi connectivity index (χ1v) is 7.62. The molecule has 0 heterocycles. The molecule has 0 aromatic heterocycles. The molecule has 1 unspecified atom stereocenters. The van der Waals surface area contributed by atoms with Crippen LogP contribution in [0, 0.1) is 5.92 Å². The molecule has 0 fully saturated rings. The van der Waals surface area contributed by atoms with Crippen LogP contribution in [0.4, 0.5) is 0 Å². The van der Waals surface area contributed by atoms with Crippen LogP contribution in [0.25, 0.3) is 0 Å². The summed E-state index contributed by atoms with van der Waals surface area (Å²) in [4.78, 5) is 0. The van der Waals surface area contributed by atoms with E-state index in [0.717, 1.165) is 19.4 Å². The van der Waals surface area contributed by atoms with Crippen LogP contribution in [-0.4, -0.2) is 33.8 Å². The lowest BCUT2D eigenvalue weighted by atomic mass is 9.94. The molecule has 0 amide bonds. The van der Waals surface area contributed by atoms with Gasteiger partial charge in [-0.3, -0.25) is 0 Å². The third-order valence-electron chi connectivity index (χ3n) is 2.72. The summed E-state index contributed by atoms with van der Waals surface area (Å²) in [5.41, 5.74) is 0. The van der Waals surface area contributed by atoms with Crippen LogP contribution >= 0.6 is 0 Å². The Morgan fingerprint density at radius 1 is 1.38 bits per heavy atom. The van der Waals surface area contributed by atoms with Crippen LogP contribution in [0.2, 0.25) is 0 Å². The van der Waals surface area contributed by atoms with Crippen molar-refractivity contribution in [3.05, 3.63) is 12.2 Å². The van der Waals surface area contributed by atoms with Crippen LogP contribution in [0.1, 0.15) is 26.2 Å². The molecule has 1 aliphatic carbocycles. The first-order chi connectivity index (χ1) is 7.64. The molecule has 1 atom stereocenters. The van der Waals surface area contributed by atoms with Crippen molar-refractivity contribution in [2.45, 2.75) is 26.2 Å². The zero-order valence-corrected chi connectivity index (χ0v) is 10.7. The average molecular weight is 246 g/mol. The van der Waals surface area contributed by atoms with Gasteiger partial charge in [-0.1, -0.05) is 19.1 Å². The minimum atomic E-state index is -3.06. The quantitative estimate of drug-likeness (QED) is 0.518. The van der Waals surface area contributed by atoms with Crippen molar-refractivity contribution in [3.8, 4) is 0 Å². The Balaban J connectivity index is 2.09. The minimum Gasteiger partial charge on any atom is -0.315 e. The second-order valence-electron chi connectivity index (χ2n) is 4.17. The SMILES string of the molecule is CCNS(=O)(=O)CCNCC1CC=CCC1. The van der Waals surface area contributed by atoms with Gasteiger partial charge in [-0.25, -0.2) is 13.1 Å². The highest BCUT2D eigenvalue weighted by Crippen LogP contribution is 2.16. The second-order valence-corrected chi connectivity index (χ2v) is 6.10. The molecule has 0 bridgehead atoms. The van der Waals surface area contributed by atoms with Gasteiger partial charge in [0.05, 0.1) is 5.75 Å². The maximum Gasteiger partial charge on any atom is 0.212 e. The lowest BCUT2D eigenvalue weighted by Crippen LogP contribution is -2.33. The van der Waals surface area contributed by atoms with Crippen LogP contribution in [0.15, 0.2) is 12.2 Å². The molecule has 0 aliphatic heterocycles. The van der Waals surface area contributed by atoms with Crippen molar-refractivity contribution in [2.75, 3.05) is 25.4 Å². The smallest absolute Gasteiger partial charge is 0.212 e. The average Bonchev–Trinajstić information content (AvgIpc) is 2.26. The highest BCUT2D eigenvalue weighted by Gasteiger charge is 2.11. The molecule has 0 aromatic carbocycles. The van der Waals surface area contributed by atoms with Gasteiger partial charge in [0.15, 0.2) is 0 Å². The Hall–Kier alpha value is -0.390. The number of hydrogen-bond donors (Lipinski definition) is 2. The van der Waals surface area contributed by atoms with Crippen LogP contribution in [-0.2, 0) is 10.0 Å².